The number of amides is 1. The fraction of sp³-hybridized carbons (Fsp3) is 0.381. The number of aryl methyl sites for hydroxylation is 1. The summed E-state index contributed by atoms with van der Waals surface area (Å²) in [5.41, 5.74) is 3.04. The van der Waals surface area contributed by atoms with Crippen molar-refractivity contribution in [3.05, 3.63) is 40.5 Å². The summed E-state index contributed by atoms with van der Waals surface area (Å²) in [7, 11) is 0. The number of Topliss-reactive ketones (excluding diaryl/α,β-unsaturated/α-hetero) is 2. The van der Waals surface area contributed by atoms with E-state index >= 15 is 0 Å². The van der Waals surface area contributed by atoms with Crippen LogP contribution in [0.2, 0.25) is 0 Å². The largest absolute Gasteiger partial charge is 0.325 e. The number of anilines is 1. The lowest BCUT2D eigenvalue weighted by Crippen LogP contribution is -2.28. The van der Waals surface area contributed by atoms with Gasteiger partial charge in [0.05, 0.1) is 11.3 Å². The number of rotatable bonds is 1. The van der Waals surface area contributed by atoms with E-state index < -0.39 is 17.0 Å². The molecule has 4 heteroatoms. The minimum Gasteiger partial charge on any atom is -0.325 e. The Morgan fingerprint density at radius 2 is 1.68 bits per heavy atom. The molecule has 0 heterocycles. The predicted octanol–water partition coefficient (Wildman–Crippen LogP) is 4.08. The van der Waals surface area contributed by atoms with Crippen molar-refractivity contribution in [1.29, 1.82) is 0 Å². The van der Waals surface area contributed by atoms with E-state index in [4.69, 9.17) is 0 Å². The lowest BCUT2D eigenvalue weighted by molar-refractivity contribution is -0.123. The third-order valence-corrected chi connectivity index (χ3v) is 5.22. The number of carbonyl (C=O) groups excluding carboxylic acids is 3. The van der Waals surface area contributed by atoms with Crippen LogP contribution in [0, 0.1) is 5.41 Å². The van der Waals surface area contributed by atoms with E-state index in [9.17, 15) is 14.4 Å². The van der Waals surface area contributed by atoms with Crippen molar-refractivity contribution in [3.63, 3.8) is 0 Å². The van der Waals surface area contributed by atoms with Crippen LogP contribution in [0.25, 0.3) is 10.8 Å². The summed E-state index contributed by atoms with van der Waals surface area (Å²) < 4.78 is 0. The molecule has 25 heavy (non-hydrogen) atoms. The molecule has 128 valence electrons. The molecule has 0 saturated carbocycles. The molecule has 2 aromatic rings. The molecule has 0 radical (unpaired) electrons. The number of hydrogen-bond donors (Lipinski definition) is 1. The van der Waals surface area contributed by atoms with E-state index in [1.54, 1.807) is 6.07 Å². The van der Waals surface area contributed by atoms with Gasteiger partial charge in [-0.3, -0.25) is 14.4 Å². The van der Waals surface area contributed by atoms with Gasteiger partial charge in [0.25, 0.3) is 0 Å². The molecule has 4 nitrogen and oxygen atoms in total. The van der Waals surface area contributed by atoms with Crippen LogP contribution in [0.4, 0.5) is 5.69 Å². The Balaban J connectivity index is 1.96. The van der Waals surface area contributed by atoms with Gasteiger partial charge in [0.15, 0.2) is 0 Å². The van der Waals surface area contributed by atoms with E-state index in [-0.39, 0.29) is 5.91 Å². The Bertz CT molecular complexity index is 963. The number of hydrogen-bond acceptors (Lipinski definition) is 3. The molecule has 4 rings (SSSR count). The average molecular weight is 335 g/mol. The molecule has 1 N–H and O–H groups in total. The molecule has 0 aliphatic heterocycles. The van der Waals surface area contributed by atoms with Crippen molar-refractivity contribution in [3.8, 4) is 0 Å². The molecule has 0 atom stereocenters. The summed E-state index contributed by atoms with van der Waals surface area (Å²) in [6, 6.07) is 5.76. The highest BCUT2D eigenvalue weighted by molar-refractivity contribution is 6.58. The SMILES string of the molecule is CC(C)(C)C(=O)Nc1ccc2cc3c(c4c2c1C(=O)C4=O)CCCC3. The Morgan fingerprint density at radius 1 is 1.00 bits per heavy atom. The third kappa shape index (κ3) is 2.31. The predicted molar refractivity (Wildman–Crippen MR) is 97.3 cm³/mol. The molecule has 2 aliphatic carbocycles. The summed E-state index contributed by atoms with van der Waals surface area (Å²) in [5, 5.41) is 4.49. The molecule has 1 amide bonds. The molecule has 2 aliphatic rings. The third-order valence-electron chi connectivity index (χ3n) is 5.22. The molecular weight excluding hydrogens is 314 g/mol. The summed E-state index contributed by atoms with van der Waals surface area (Å²) in [6.45, 7) is 5.45. The van der Waals surface area contributed by atoms with Crippen molar-refractivity contribution < 1.29 is 14.4 Å². The van der Waals surface area contributed by atoms with Crippen LogP contribution in [0.3, 0.4) is 0 Å². The van der Waals surface area contributed by atoms with Crippen molar-refractivity contribution in [1.82, 2.24) is 0 Å². The highest BCUT2D eigenvalue weighted by Crippen LogP contribution is 2.41. The summed E-state index contributed by atoms with van der Waals surface area (Å²) in [6.07, 6.45) is 3.96. The fourth-order valence-corrected chi connectivity index (χ4v) is 3.85. The van der Waals surface area contributed by atoms with Gasteiger partial charge in [0, 0.05) is 16.4 Å². The van der Waals surface area contributed by atoms with E-state index in [2.05, 4.69) is 11.4 Å². The minimum atomic E-state index is -0.577. The molecule has 0 bridgehead atoms. The Labute approximate surface area is 146 Å². The zero-order valence-electron chi connectivity index (χ0n) is 14.8. The lowest BCUT2D eigenvalue weighted by Gasteiger charge is -2.20. The van der Waals surface area contributed by atoms with Crippen LogP contribution in [0.15, 0.2) is 18.2 Å². The number of fused-ring (bicyclic) bond motifs is 2. The highest BCUT2D eigenvalue weighted by atomic mass is 16.2. The first-order chi connectivity index (χ1) is 11.8. The second-order valence-corrected chi connectivity index (χ2v) is 8.04. The van der Waals surface area contributed by atoms with Crippen LogP contribution in [0.1, 0.15) is 65.5 Å². The maximum Gasteiger partial charge on any atom is 0.236 e. The first-order valence-corrected chi connectivity index (χ1v) is 8.81. The summed E-state index contributed by atoms with van der Waals surface area (Å²) in [5.74, 6) is -1.09. The molecule has 0 saturated heterocycles. The quantitative estimate of drug-likeness (QED) is 0.799. The van der Waals surface area contributed by atoms with E-state index in [0.29, 0.717) is 16.8 Å². The smallest absolute Gasteiger partial charge is 0.236 e. The maximum absolute atomic E-state index is 12.7. The molecule has 0 spiro atoms. The van der Waals surface area contributed by atoms with Crippen LogP contribution < -0.4 is 5.32 Å². The molecule has 2 aromatic carbocycles. The second kappa shape index (κ2) is 5.25. The van der Waals surface area contributed by atoms with Gasteiger partial charge in [0.2, 0.25) is 17.5 Å². The zero-order chi connectivity index (χ0) is 17.9. The van der Waals surface area contributed by atoms with Crippen LogP contribution >= 0.6 is 0 Å². The van der Waals surface area contributed by atoms with Crippen LogP contribution in [0.5, 0.6) is 0 Å². The van der Waals surface area contributed by atoms with Gasteiger partial charge < -0.3 is 5.32 Å². The minimum absolute atomic E-state index is 0.172. The van der Waals surface area contributed by atoms with Gasteiger partial charge in [-0.25, -0.2) is 0 Å². The van der Waals surface area contributed by atoms with E-state index in [1.807, 2.05) is 26.8 Å². The Hall–Kier alpha value is -2.49. The monoisotopic (exact) mass is 335 g/mol. The van der Waals surface area contributed by atoms with E-state index in [0.717, 1.165) is 42.0 Å². The highest BCUT2D eigenvalue weighted by Gasteiger charge is 2.37. The number of carbonyl (C=O) groups is 3. The normalized spacial score (nSPS) is 16.3. The Morgan fingerprint density at radius 3 is 2.40 bits per heavy atom. The fourth-order valence-electron chi connectivity index (χ4n) is 3.85. The van der Waals surface area contributed by atoms with Crippen molar-refractivity contribution in [2.75, 3.05) is 5.32 Å². The zero-order valence-corrected chi connectivity index (χ0v) is 14.8. The molecule has 0 aromatic heterocycles. The summed E-state index contributed by atoms with van der Waals surface area (Å²) >= 11 is 0. The van der Waals surface area contributed by atoms with Crippen LogP contribution in [-0.2, 0) is 17.6 Å². The number of ketones is 2. The Kier molecular flexibility index (Phi) is 3.36. The van der Waals surface area contributed by atoms with Crippen molar-refractivity contribution >= 4 is 33.9 Å². The van der Waals surface area contributed by atoms with Crippen LogP contribution in [-0.4, -0.2) is 17.5 Å². The van der Waals surface area contributed by atoms with Crippen molar-refractivity contribution in [2.24, 2.45) is 5.41 Å². The topological polar surface area (TPSA) is 63.2 Å². The standard InChI is InChI=1S/C21H21NO3/c1-21(2,3)20(25)22-14-9-8-12-10-11-6-4-5-7-13(11)16-15(12)17(14)19(24)18(16)23/h8-10H,4-7H2,1-3H3,(H,22,25). The van der Waals surface area contributed by atoms with Gasteiger partial charge in [0.1, 0.15) is 0 Å². The molecule has 0 unspecified atom stereocenters. The van der Waals surface area contributed by atoms with Gasteiger partial charge in [-0.15, -0.1) is 0 Å². The lowest BCUT2D eigenvalue weighted by atomic mass is 9.85. The number of nitrogens with one attached hydrogen (secondary N) is 1. The first kappa shape index (κ1) is 16.0. The van der Waals surface area contributed by atoms with Gasteiger partial charge in [-0.05, 0) is 48.3 Å². The van der Waals surface area contributed by atoms with Gasteiger partial charge >= 0.3 is 0 Å². The van der Waals surface area contributed by atoms with Crippen molar-refractivity contribution in [2.45, 2.75) is 46.5 Å². The molecule has 0 fully saturated rings. The van der Waals surface area contributed by atoms with Gasteiger partial charge in [-0.1, -0.05) is 32.9 Å². The average Bonchev–Trinajstić information content (AvgIpc) is 2.83. The van der Waals surface area contributed by atoms with Gasteiger partial charge in [-0.2, -0.15) is 0 Å². The summed E-state index contributed by atoms with van der Waals surface area (Å²) in [4.78, 5) is 37.8. The second-order valence-electron chi connectivity index (χ2n) is 8.04. The first-order valence-electron chi connectivity index (χ1n) is 8.81. The number of benzene rings is 2. The van der Waals surface area contributed by atoms with E-state index in [1.165, 1.54) is 5.56 Å². The molecular formula is C21H21NO3. The maximum atomic E-state index is 12.7.